The summed E-state index contributed by atoms with van der Waals surface area (Å²) in [5, 5.41) is 0. The van der Waals surface area contributed by atoms with Crippen molar-refractivity contribution in [3.8, 4) is 0 Å². The first kappa shape index (κ1) is 9.11. The van der Waals surface area contributed by atoms with Crippen molar-refractivity contribution >= 4 is 7.82 Å². The molecule has 0 fully saturated rings. The molecule has 0 aromatic heterocycles. The van der Waals surface area contributed by atoms with Crippen molar-refractivity contribution in [1.82, 2.24) is 0 Å². The molecule has 0 saturated carbocycles. The second-order valence-electron chi connectivity index (χ2n) is 1.53. The van der Waals surface area contributed by atoms with Gasteiger partial charge in [-0.25, -0.2) is 4.57 Å². The summed E-state index contributed by atoms with van der Waals surface area (Å²) < 4.78 is 14.1. The molecule has 0 bridgehead atoms. The summed E-state index contributed by atoms with van der Waals surface area (Å²) in [7, 11) is -4.22. The molecule has 2 N–H and O–H groups in total. The Kier molecular flexibility index (Phi) is 4.06. The van der Waals surface area contributed by atoms with Crippen LogP contribution in [0.1, 0.15) is 12.8 Å². The van der Waals surface area contributed by atoms with Gasteiger partial charge in [0.15, 0.2) is 0 Å². The van der Waals surface area contributed by atoms with Gasteiger partial charge in [0.05, 0.1) is 6.61 Å². The smallest absolute Gasteiger partial charge is 0.303 e. The molecule has 0 unspecified atom stereocenters. The maximum atomic E-state index is 9.96. The molecule has 1 radical (unpaired) electrons. The van der Waals surface area contributed by atoms with E-state index in [-0.39, 0.29) is 6.61 Å². The Hall–Kier alpha value is 0.110. The van der Waals surface area contributed by atoms with Crippen LogP contribution in [0, 0.1) is 6.92 Å². The molecule has 0 heterocycles. The predicted molar refractivity (Wildman–Crippen MR) is 32.6 cm³/mol. The van der Waals surface area contributed by atoms with Crippen molar-refractivity contribution in [2.24, 2.45) is 0 Å². The number of rotatable bonds is 4. The molecular formula is C4H10O4P. The van der Waals surface area contributed by atoms with Gasteiger partial charge in [-0.2, -0.15) is 0 Å². The highest BCUT2D eigenvalue weighted by Crippen LogP contribution is 2.35. The van der Waals surface area contributed by atoms with Crippen molar-refractivity contribution in [2.45, 2.75) is 12.8 Å². The standard InChI is InChI=1S/C4H10O4P/c1-2-3-4-8-9(5,6)7/h1-4H2,(H2,5,6,7). The summed E-state index contributed by atoms with van der Waals surface area (Å²) in [6.45, 7) is 3.55. The van der Waals surface area contributed by atoms with Crippen molar-refractivity contribution in [1.29, 1.82) is 0 Å². The zero-order chi connectivity index (χ0) is 7.33. The third kappa shape index (κ3) is 8.11. The SMILES string of the molecule is [CH2]CCCOP(=O)(O)O. The lowest BCUT2D eigenvalue weighted by atomic mass is 10.4. The molecule has 0 aliphatic rings. The minimum atomic E-state index is -4.22. The van der Waals surface area contributed by atoms with Crippen LogP contribution in [0.5, 0.6) is 0 Å². The molecule has 0 atom stereocenters. The topological polar surface area (TPSA) is 66.8 Å². The third-order valence-corrected chi connectivity index (χ3v) is 1.17. The summed E-state index contributed by atoms with van der Waals surface area (Å²) in [5.41, 5.74) is 0. The average molecular weight is 153 g/mol. The minimum Gasteiger partial charge on any atom is -0.303 e. The van der Waals surface area contributed by atoms with Gasteiger partial charge >= 0.3 is 7.82 Å². The molecule has 0 rings (SSSR count). The Morgan fingerprint density at radius 1 is 1.56 bits per heavy atom. The molecule has 0 spiro atoms. The first-order chi connectivity index (χ1) is 4.06. The summed E-state index contributed by atoms with van der Waals surface area (Å²) in [4.78, 5) is 16.2. The van der Waals surface area contributed by atoms with Crippen LogP contribution < -0.4 is 0 Å². The lowest BCUT2D eigenvalue weighted by Gasteiger charge is -2.01. The van der Waals surface area contributed by atoms with E-state index in [1.807, 2.05) is 0 Å². The molecule has 0 aromatic carbocycles. The van der Waals surface area contributed by atoms with Gasteiger partial charge < -0.3 is 9.79 Å². The highest BCUT2D eigenvalue weighted by molar-refractivity contribution is 7.46. The lowest BCUT2D eigenvalue weighted by molar-refractivity contribution is 0.195. The molecule has 5 heteroatoms. The average Bonchev–Trinajstić information content (AvgIpc) is 1.63. The van der Waals surface area contributed by atoms with Crippen molar-refractivity contribution in [2.75, 3.05) is 6.61 Å². The first-order valence-electron chi connectivity index (χ1n) is 2.55. The fourth-order valence-corrected chi connectivity index (χ4v) is 0.652. The molecule has 55 valence electrons. The van der Waals surface area contributed by atoms with Crippen LogP contribution in [0.4, 0.5) is 0 Å². The Labute approximate surface area is 54.1 Å². The number of hydrogen-bond donors (Lipinski definition) is 2. The monoisotopic (exact) mass is 153 g/mol. The zero-order valence-electron chi connectivity index (χ0n) is 4.99. The van der Waals surface area contributed by atoms with E-state index >= 15 is 0 Å². The lowest BCUT2D eigenvalue weighted by Crippen LogP contribution is -1.90. The maximum absolute atomic E-state index is 9.96. The second-order valence-corrected chi connectivity index (χ2v) is 2.77. The fraction of sp³-hybridized carbons (Fsp3) is 0.750. The minimum absolute atomic E-state index is 0.0772. The van der Waals surface area contributed by atoms with Gasteiger partial charge in [0.25, 0.3) is 0 Å². The summed E-state index contributed by atoms with van der Waals surface area (Å²) >= 11 is 0. The number of unbranched alkanes of at least 4 members (excludes halogenated alkanes) is 1. The third-order valence-electron chi connectivity index (χ3n) is 0.654. The zero-order valence-corrected chi connectivity index (χ0v) is 5.88. The van der Waals surface area contributed by atoms with E-state index in [1.165, 1.54) is 0 Å². The number of hydrogen-bond acceptors (Lipinski definition) is 2. The summed E-state index contributed by atoms with van der Waals surface area (Å²) in [5.74, 6) is 0. The second kappa shape index (κ2) is 4.01. The first-order valence-corrected chi connectivity index (χ1v) is 4.08. The predicted octanol–water partition coefficient (Wildman–Crippen LogP) is 0.710. The van der Waals surface area contributed by atoms with Crippen LogP contribution in [0.2, 0.25) is 0 Å². The van der Waals surface area contributed by atoms with Crippen molar-refractivity contribution in [3.05, 3.63) is 6.92 Å². The van der Waals surface area contributed by atoms with Gasteiger partial charge in [-0.1, -0.05) is 13.3 Å². The van der Waals surface area contributed by atoms with Crippen LogP contribution in [0.15, 0.2) is 0 Å². The van der Waals surface area contributed by atoms with Gasteiger partial charge in [-0.15, -0.1) is 0 Å². The highest BCUT2D eigenvalue weighted by atomic mass is 31.2. The Morgan fingerprint density at radius 2 is 2.11 bits per heavy atom. The van der Waals surface area contributed by atoms with Crippen molar-refractivity contribution in [3.63, 3.8) is 0 Å². The van der Waals surface area contributed by atoms with Gasteiger partial charge in [-0.05, 0) is 6.42 Å². The van der Waals surface area contributed by atoms with Gasteiger partial charge in [-0.3, -0.25) is 4.52 Å². The molecular weight excluding hydrogens is 143 g/mol. The fourth-order valence-electron chi connectivity index (χ4n) is 0.286. The molecule has 4 nitrogen and oxygen atoms in total. The van der Waals surface area contributed by atoms with E-state index in [0.717, 1.165) is 0 Å². The van der Waals surface area contributed by atoms with Crippen molar-refractivity contribution < 1.29 is 18.9 Å². The van der Waals surface area contributed by atoms with Crippen LogP contribution in [0.25, 0.3) is 0 Å². The van der Waals surface area contributed by atoms with E-state index in [4.69, 9.17) is 9.79 Å². The largest absolute Gasteiger partial charge is 0.469 e. The van der Waals surface area contributed by atoms with Crippen LogP contribution >= 0.6 is 7.82 Å². The Morgan fingerprint density at radius 3 is 2.44 bits per heavy atom. The number of phosphoric acid groups is 1. The van der Waals surface area contributed by atoms with Gasteiger partial charge in [0, 0.05) is 0 Å². The normalized spacial score (nSPS) is 11.9. The van der Waals surface area contributed by atoms with E-state index in [2.05, 4.69) is 11.4 Å². The van der Waals surface area contributed by atoms with Crippen LogP contribution in [0.3, 0.4) is 0 Å². The Bertz CT molecular complexity index is 107. The van der Waals surface area contributed by atoms with Crippen LogP contribution in [-0.2, 0) is 9.09 Å². The number of phosphoric ester groups is 1. The van der Waals surface area contributed by atoms with E-state index in [0.29, 0.717) is 12.8 Å². The van der Waals surface area contributed by atoms with Crippen LogP contribution in [-0.4, -0.2) is 16.4 Å². The summed E-state index contributed by atoms with van der Waals surface area (Å²) in [6.07, 6.45) is 1.20. The highest BCUT2D eigenvalue weighted by Gasteiger charge is 2.11. The molecule has 0 aliphatic carbocycles. The van der Waals surface area contributed by atoms with Gasteiger partial charge in [0.2, 0.25) is 0 Å². The molecule has 9 heavy (non-hydrogen) atoms. The molecule has 0 aromatic rings. The van der Waals surface area contributed by atoms with E-state index in [9.17, 15) is 4.57 Å². The maximum Gasteiger partial charge on any atom is 0.469 e. The molecule has 0 aliphatic heterocycles. The summed E-state index contributed by atoms with van der Waals surface area (Å²) in [6, 6.07) is 0. The van der Waals surface area contributed by atoms with E-state index in [1.54, 1.807) is 0 Å². The quantitative estimate of drug-likeness (QED) is 0.461. The van der Waals surface area contributed by atoms with E-state index < -0.39 is 7.82 Å². The van der Waals surface area contributed by atoms with Gasteiger partial charge in [0.1, 0.15) is 0 Å². The molecule has 0 saturated heterocycles. The molecule has 0 amide bonds. The Balaban J connectivity index is 3.18.